The van der Waals surface area contributed by atoms with Crippen molar-refractivity contribution in [1.29, 1.82) is 0 Å². The maximum atomic E-state index is 12.6. The molecule has 0 saturated heterocycles. The number of hydrogen-bond acceptors (Lipinski definition) is 3. The lowest BCUT2D eigenvalue weighted by atomic mass is 10.1. The van der Waals surface area contributed by atoms with Gasteiger partial charge in [-0.25, -0.2) is 8.78 Å². The van der Waals surface area contributed by atoms with E-state index in [2.05, 4.69) is 9.47 Å². The van der Waals surface area contributed by atoms with E-state index in [0.717, 1.165) is 19.2 Å². The van der Waals surface area contributed by atoms with E-state index in [4.69, 9.17) is 0 Å². The number of carbonyl (C=O) groups excluding carboxylic acids is 1. The summed E-state index contributed by atoms with van der Waals surface area (Å²) < 4.78 is 69.4. The summed E-state index contributed by atoms with van der Waals surface area (Å²) >= 11 is 0. The summed E-state index contributed by atoms with van der Waals surface area (Å²) in [6.45, 7) is 0. The molecule has 0 aliphatic rings. The minimum atomic E-state index is -4.97. The maximum absolute atomic E-state index is 12.6. The van der Waals surface area contributed by atoms with Gasteiger partial charge in [-0.15, -0.1) is 13.2 Å². The van der Waals surface area contributed by atoms with Crippen LogP contribution in [0.15, 0.2) is 18.2 Å². The quantitative estimate of drug-likeness (QED) is 0.615. The number of methoxy groups -OCH3 is 1. The standard InChI is InChI=1S/C12H11F5O3/c1-19-10(18)3-2-7-4-8(11(13)14)6-9(5-7)20-12(15,16)17/h4-6,11H,2-3H2,1H3. The Morgan fingerprint density at radius 1 is 1.25 bits per heavy atom. The molecule has 1 rings (SSSR count). The van der Waals surface area contributed by atoms with Crippen LogP contribution in [-0.2, 0) is 16.0 Å². The lowest BCUT2D eigenvalue weighted by Gasteiger charge is -2.12. The van der Waals surface area contributed by atoms with Gasteiger partial charge in [-0.2, -0.15) is 0 Å². The van der Waals surface area contributed by atoms with Gasteiger partial charge < -0.3 is 9.47 Å². The average Bonchev–Trinajstić information content (AvgIpc) is 2.33. The lowest BCUT2D eigenvalue weighted by molar-refractivity contribution is -0.274. The van der Waals surface area contributed by atoms with Crippen LogP contribution in [0.5, 0.6) is 5.75 Å². The summed E-state index contributed by atoms with van der Waals surface area (Å²) in [5, 5.41) is 0. The molecule has 1 aromatic carbocycles. The first-order valence-electron chi connectivity index (χ1n) is 5.46. The van der Waals surface area contributed by atoms with Crippen LogP contribution in [0.1, 0.15) is 24.0 Å². The van der Waals surface area contributed by atoms with E-state index in [1.165, 1.54) is 0 Å². The molecule has 0 fully saturated rings. The molecule has 3 nitrogen and oxygen atoms in total. The van der Waals surface area contributed by atoms with E-state index in [9.17, 15) is 26.7 Å². The maximum Gasteiger partial charge on any atom is 0.573 e. The molecule has 0 spiro atoms. The number of esters is 1. The Labute approximate surface area is 111 Å². The molecule has 0 bridgehead atoms. The normalized spacial score (nSPS) is 11.6. The third-order valence-electron chi connectivity index (χ3n) is 2.32. The number of carbonyl (C=O) groups is 1. The van der Waals surface area contributed by atoms with Crippen molar-refractivity contribution in [3.63, 3.8) is 0 Å². The summed E-state index contributed by atoms with van der Waals surface area (Å²) in [6, 6.07) is 2.60. The van der Waals surface area contributed by atoms with E-state index in [0.29, 0.717) is 6.07 Å². The molecule has 0 aliphatic carbocycles. The zero-order chi connectivity index (χ0) is 15.3. The molecule has 8 heteroatoms. The molecule has 1 aromatic rings. The Hall–Kier alpha value is -1.86. The van der Waals surface area contributed by atoms with Gasteiger partial charge in [0.05, 0.1) is 7.11 Å². The number of hydrogen-bond donors (Lipinski definition) is 0. The number of benzene rings is 1. The van der Waals surface area contributed by atoms with Crippen LogP contribution in [0.25, 0.3) is 0 Å². The zero-order valence-corrected chi connectivity index (χ0v) is 10.3. The fourth-order valence-electron chi connectivity index (χ4n) is 1.50. The Bertz CT molecular complexity index is 471. The van der Waals surface area contributed by atoms with Crippen molar-refractivity contribution in [3.8, 4) is 5.75 Å². The molecule has 0 heterocycles. The first-order chi connectivity index (χ1) is 9.21. The number of rotatable bonds is 5. The Morgan fingerprint density at radius 3 is 2.40 bits per heavy atom. The predicted octanol–water partition coefficient (Wildman–Crippen LogP) is 3.63. The molecule has 0 amide bonds. The molecule has 0 N–H and O–H groups in total. The summed E-state index contributed by atoms with van der Waals surface area (Å²) in [7, 11) is 1.15. The highest BCUT2D eigenvalue weighted by molar-refractivity contribution is 5.69. The number of aryl methyl sites for hydroxylation is 1. The second-order valence-corrected chi connectivity index (χ2v) is 3.83. The van der Waals surface area contributed by atoms with E-state index in [-0.39, 0.29) is 18.4 Å². The molecule has 0 saturated carbocycles. The lowest BCUT2D eigenvalue weighted by Crippen LogP contribution is -2.17. The molecule has 20 heavy (non-hydrogen) atoms. The van der Waals surface area contributed by atoms with Crippen molar-refractivity contribution >= 4 is 5.97 Å². The van der Waals surface area contributed by atoms with Crippen LogP contribution in [0.3, 0.4) is 0 Å². The third-order valence-corrected chi connectivity index (χ3v) is 2.32. The smallest absolute Gasteiger partial charge is 0.469 e. The largest absolute Gasteiger partial charge is 0.573 e. The van der Waals surface area contributed by atoms with Crippen LogP contribution < -0.4 is 4.74 Å². The number of halogens is 5. The summed E-state index contributed by atoms with van der Waals surface area (Å²) in [6.07, 6.45) is -8.07. The van der Waals surface area contributed by atoms with Gasteiger partial charge in [0, 0.05) is 12.0 Å². The van der Waals surface area contributed by atoms with Crippen molar-refractivity contribution in [2.24, 2.45) is 0 Å². The fourth-order valence-corrected chi connectivity index (χ4v) is 1.50. The summed E-state index contributed by atoms with van der Waals surface area (Å²) in [4.78, 5) is 10.9. The summed E-state index contributed by atoms with van der Waals surface area (Å²) in [5.74, 6) is -1.33. The van der Waals surface area contributed by atoms with Gasteiger partial charge in [0.2, 0.25) is 0 Å². The predicted molar refractivity (Wildman–Crippen MR) is 58.4 cm³/mol. The van der Waals surface area contributed by atoms with E-state index in [1.54, 1.807) is 0 Å². The SMILES string of the molecule is COC(=O)CCc1cc(OC(F)(F)F)cc(C(F)F)c1. The Balaban J connectivity index is 2.95. The third kappa shape index (κ3) is 5.41. The van der Waals surface area contributed by atoms with E-state index >= 15 is 0 Å². The Morgan fingerprint density at radius 2 is 1.90 bits per heavy atom. The van der Waals surface area contributed by atoms with Gasteiger partial charge >= 0.3 is 12.3 Å². The molecule has 0 atom stereocenters. The molecule has 0 unspecified atom stereocenters. The fraction of sp³-hybridized carbons (Fsp3) is 0.417. The van der Waals surface area contributed by atoms with Gasteiger partial charge in [0.15, 0.2) is 0 Å². The minimum Gasteiger partial charge on any atom is -0.469 e. The molecular weight excluding hydrogens is 287 g/mol. The van der Waals surface area contributed by atoms with Crippen LogP contribution in [0, 0.1) is 0 Å². The number of ether oxygens (including phenoxy) is 2. The number of alkyl halides is 5. The molecule has 0 aromatic heterocycles. The van der Waals surface area contributed by atoms with Gasteiger partial charge in [-0.1, -0.05) is 0 Å². The average molecular weight is 298 g/mol. The van der Waals surface area contributed by atoms with Gasteiger partial charge in [0.1, 0.15) is 5.75 Å². The van der Waals surface area contributed by atoms with Crippen LogP contribution in [0.4, 0.5) is 22.0 Å². The van der Waals surface area contributed by atoms with Crippen LogP contribution in [0.2, 0.25) is 0 Å². The van der Waals surface area contributed by atoms with Gasteiger partial charge in [-0.05, 0) is 30.2 Å². The zero-order valence-electron chi connectivity index (χ0n) is 10.3. The molecule has 0 radical (unpaired) electrons. The van der Waals surface area contributed by atoms with Crippen molar-refractivity contribution in [3.05, 3.63) is 29.3 Å². The van der Waals surface area contributed by atoms with Crippen molar-refractivity contribution < 1.29 is 36.2 Å². The van der Waals surface area contributed by atoms with Crippen LogP contribution in [-0.4, -0.2) is 19.4 Å². The Kier molecular flexibility index (Phi) is 5.29. The monoisotopic (exact) mass is 298 g/mol. The highest BCUT2D eigenvalue weighted by Gasteiger charge is 2.31. The van der Waals surface area contributed by atoms with Crippen molar-refractivity contribution in [1.82, 2.24) is 0 Å². The molecular formula is C12H11F5O3. The topological polar surface area (TPSA) is 35.5 Å². The van der Waals surface area contributed by atoms with E-state index < -0.39 is 30.1 Å². The summed E-state index contributed by atoms with van der Waals surface area (Å²) in [5.41, 5.74) is -0.473. The second kappa shape index (κ2) is 6.53. The van der Waals surface area contributed by atoms with Crippen LogP contribution >= 0.6 is 0 Å². The minimum absolute atomic E-state index is 0.0263. The first-order valence-corrected chi connectivity index (χ1v) is 5.46. The van der Waals surface area contributed by atoms with E-state index in [1.807, 2.05) is 0 Å². The second-order valence-electron chi connectivity index (χ2n) is 3.83. The van der Waals surface area contributed by atoms with Gasteiger partial charge in [-0.3, -0.25) is 4.79 Å². The molecule has 0 aliphatic heterocycles. The molecule has 112 valence electrons. The highest BCUT2D eigenvalue weighted by Crippen LogP contribution is 2.29. The van der Waals surface area contributed by atoms with Crippen molar-refractivity contribution in [2.45, 2.75) is 25.6 Å². The first kappa shape index (κ1) is 16.2. The highest BCUT2D eigenvalue weighted by atomic mass is 19.4. The van der Waals surface area contributed by atoms with Crippen molar-refractivity contribution in [2.75, 3.05) is 7.11 Å². The van der Waals surface area contributed by atoms with Gasteiger partial charge in [0.25, 0.3) is 6.43 Å².